The number of nitrogens with one attached hydrogen (secondary N) is 1. The number of anilines is 1. The van der Waals surface area contributed by atoms with Crippen LogP contribution in [0.3, 0.4) is 0 Å². The first-order chi connectivity index (χ1) is 16.9. The molecule has 2 aromatic heterocycles. The quantitative estimate of drug-likeness (QED) is 0.280. The molecule has 0 saturated heterocycles. The second-order valence-corrected chi connectivity index (χ2v) is 8.69. The van der Waals surface area contributed by atoms with Gasteiger partial charge < -0.3 is 14.8 Å². The summed E-state index contributed by atoms with van der Waals surface area (Å²) in [6.45, 7) is 4.76. The first-order valence-electron chi connectivity index (χ1n) is 11.0. The summed E-state index contributed by atoms with van der Waals surface area (Å²) in [7, 11) is 0. The number of nitrogens with zero attached hydrogens (tertiary/aromatic N) is 3. The molecule has 4 rings (SSSR count). The monoisotopic (exact) mass is 492 g/mol. The molecule has 2 heterocycles. The second-order valence-electron chi connectivity index (χ2n) is 7.65. The van der Waals surface area contributed by atoms with Crippen LogP contribution in [0.1, 0.15) is 43.9 Å². The van der Waals surface area contributed by atoms with Crippen molar-refractivity contribution in [1.29, 1.82) is 0 Å². The molecule has 0 spiro atoms. The number of carbonyl (C=O) groups is 2. The zero-order valence-electron chi connectivity index (χ0n) is 19.3. The van der Waals surface area contributed by atoms with Crippen LogP contribution in [0.4, 0.5) is 5.69 Å². The van der Waals surface area contributed by atoms with E-state index in [0.29, 0.717) is 47.1 Å². The van der Waals surface area contributed by atoms with Gasteiger partial charge in [-0.1, -0.05) is 29.5 Å². The number of hydrogen-bond acceptors (Lipinski definition) is 8. The maximum absolute atomic E-state index is 12.5. The minimum Gasteiger partial charge on any atom is -0.456 e. The highest BCUT2D eigenvalue weighted by Gasteiger charge is 2.13. The summed E-state index contributed by atoms with van der Waals surface area (Å²) < 4.78 is 11.9. The van der Waals surface area contributed by atoms with Crippen LogP contribution in [0.25, 0.3) is 4.96 Å². The predicted octanol–water partition coefficient (Wildman–Crippen LogP) is 3.65. The molecule has 0 aliphatic carbocycles. The first-order valence-corrected chi connectivity index (χ1v) is 11.9. The van der Waals surface area contributed by atoms with Crippen molar-refractivity contribution in [3.05, 3.63) is 92.3 Å². The summed E-state index contributed by atoms with van der Waals surface area (Å²) in [5.74, 6) is -0.791. The molecule has 0 aliphatic rings. The summed E-state index contributed by atoms with van der Waals surface area (Å²) in [5, 5.41) is 7.82. The molecule has 180 valence electrons. The molecular formula is C25H24N4O5S. The van der Waals surface area contributed by atoms with Gasteiger partial charge in [0.2, 0.25) is 4.96 Å². The molecule has 1 N–H and O–H groups in total. The number of benzene rings is 2. The van der Waals surface area contributed by atoms with Crippen molar-refractivity contribution in [1.82, 2.24) is 14.6 Å². The summed E-state index contributed by atoms with van der Waals surface area (Å²) in [4.78, 5) is 42.1. The van der Waals surface area contributed by atoms with Crippen molar-refractivity contribution >= 4 is 33.9 Å². The van der Waals surface area contributed by atoms with E-state index < -0.39 is 5.97 Å². The molecule has 35 heavy (non-hydrogen) atoms. The maximum atomic E-state index is 12.5. The van der Waals surface area contributed by atoms with Gasteiger partial charge in [0.1, 0.15) is 11.6 Å². The van der Waals surface area contributed by atoms with Crippen LogP contribution in [0.5, 0.6) is 0 Å². The van der Waals surface area contributed by atoms with E-state index in [1.165, 1.54) is 21.9 Å². The van der Waals surface area contributed by atoms with Crippen LogP contribution >= 0.6 is 11.3 Å². The molecule has 0 fully saturated rings. The number of rotatable bonds is 9. The molecular weight excluding hydrogens is 468 g/mol. The lowest BCUT2D eigenvalue weighted by atomic mass is 10.1. The Hall–Kier alpha value is -3.89. The molecule has 4 aromatic rings. The van der Waals surface area contributed by atoms with E-state index in [1.54, 1.807) is 36.4 Å². The Labute approximate surface area is 205 Å². The predicted molar refractivity (Wildman–Crippen MR) is 132 cm³/mol. The highest BCUT2D eigenvalue weighted by Crippen LogP contribution is 2.16. The zero-order chi connectivity index (χ0) is 24.8. The van der Waals surface area contributed by atoms with Crippen molar-refractivity contribution < 1.29 is 19.1 Å². The van der Waals surface area contributed by atoms with Crippen molar-refractivity contribution in [2.24, 2.45) is 0 Å². The lowest BCUT2D eigenvalue weighted by molar-refractivity contribution is 0.0467. The average molecular weight is 493 g/mol. The van der Waals surface area contributed by atoms with E-state index in [2.05, 4.69) is 15.4 Å². The van der Waals surface area contributed by atoms with E-state index in [-0.39, 0.29) is 18.1 Å². The van der Waals surface area contributed by atoms with Crippen LogP contribution < -0.4 is 10.9 Å². The Balaban J connectivity index is 1.37. The van der Waals surface area contributed by atoms with Gasteiger partial charge in [-0.15, -0.1) is 0 Å². The number of fused-ring (bicyclic) bond motifs is 1. The first kappa shape index (κ1) is 24.2. The minimum absolute atomic E-state index is 0.150. The fraction of sp³-hybridized carbons (Fsp3) is 0.240. The van der Waals surface area contributed by atoms with E-state index in [4.69, 9.17) is 9.47 Å². The summed E-state index contributed by atoms with van der Waals surface area (Å²) in [6, 6.07) is 15.0. The van der Waals surface area contributed by atoms with Crippen LogP contribution in [0.2, 0.25) is 0 Å². The standard InChI is InChI=1S/C25H24N4O5S/c1-3-33-13-12-21-28-29-22(30)14-19(27-25(29)35-21)15-34-24(32)17-8-10-18(11-9-17)26-23(31)20-7-5-4-6-16(20)2/h4-11,14H,3,12-13,15H2,1-2H3,(H,26,31). The number of amides is 1. The van der Waals surface area contributed by atoms with E-state index in [9.17, 15) is 14.4 Å². The lowest BCUT2D eigenvalue weighted by Gasteiger charge is -2.08. The highest BCUT2D eigenvalue weighted by atomic mass is 32.1. The Bertz CT molecular complexity index is 1410. The number of hydrogen-bond donors (Lipinski definition) is 1. The van der Waals surface area contributed by atoms with E-state index in [1.807, 2.05) is 26.0 Å². The number of carbonyl (C=O) groups excluding carboxylic acids is 2. The summed E-state index contributed by atoms with van der Waals surface area (Å²) in [6.07, 6.45) is 0.590. The summed E-state index contributed by atoms with van der Waals surface area (Å²) in [5.41, 5.74) is 2.32. The fourth-order valence-electron chi connectivity index (χ4n) is 3.31. The Kier molecular flexibility index (Phi) is 7.64. The van der Waals surface area contributed by atoms with Gasteiger partial charge >= 0.3 is 5.97 Å². The Morgan fingerprint density at radius 1 is 1.11 bits per heavy atom. The molecule has 0 atom stereocenters. The average Bonchev–Trinajstić information content (AvgIpc) is 3.27. The van der Waals surface area contributed by atoms with Gasteiger partial charge in [-0.3, -0.25) is 9.59 Å². The minimum atomic E-state index is -0.564. The third-order valence-corrected chi connectivity index (χ3v) is 6.09. The largest absolute Gasteiger partial charge is 0.456 e. The van der Waals surface area contributed by atoms with E-state index >= 15 is 0 Å². The number of aryl methyl sites for hydroxylation is 1. The maximum Gasteiger partial charge on any atom is 0.338 e. The van der Waals surface area contributed by atoms with Crippen molar-refractivity contribution in [3.63, 3.8) is 0 Å². The topological polar surface area (TPSA) is 112 Å². The second kappa shape index (κ2) is 11.0. The SMILES string of the molecule is CCOCCc1nn2c(=O)cc(COC(=O)c3ccc(NC(=O)c4ccccc4C)cc3)nc2s1. The normalized spacial score (nSPS) is 10.9. The van der Waals surface area contributed by atoms with Gasteiger partial charge in [-0.05, 0) is 49.7 Å². The Morgan fingerprint density at radius 3 is 2.63 bits per heavy atom. The van der Waals surface area contributed by atoms with Gasteiger partial charge in [0.05, 0.1) is 17.9 Å². The van der Waals surface area contributed by atoms with Crippen molar-refractivity contribution in [3.8, 4) is 0 Å². The number of ether oxygens (including phenoxy) is 2. The van der Waals surface area contributed by atoms with Gasteiger partial charge in [-0.25, -0.2) is 9.78 Å². The molecule has 0 radical (unpaired) electrons. The van der Waals surface area contributed by atoms with Crippen molar-refractivity contribution in [2.75, 3.05) is 18.5 Å². The molecule has 9 nitrogen and oxygen atoms in total. The van der Waals surface area contributed by atoms with Gasteiger partial charge in [-0.2, -0.15) is 9.61 Å². The van der Waals surface area contributed by atoms with E-state index in [0.717, 1.165) is 10.6 Å². The van der Waals surface area contributed by atoms with Gasteiger partial charge in [0.25, 0.3) is 11.5 Å². The molecule has 10 heteroatoms. The van der Waals surface area contributed by atoms with Crippen LogP contribution in [-0.4, -0.2) is 39.7 Å². The van der Waals surface area contributed by atoms with Crippen LogP contribution in [0, 0.1) is 6.92 Å². The molecule has 1 amide bonds. The zero-order valence-corrected chi connectivity index (χ0v) is 20.1. The van der Waals surface area contributed by atoms with Gasteiger partial charge in [0, 0.05) is 30.3 Å². The highest BCUT2D eigenvalue weighted by molar-refractivity contribution is 7.16. The molecule has 0 saturated carbocycles. The van der Waals surface area contributed by atoms with Gasteiger partial charge in [0.15, 0.2) is 0 Å². The third-order valence-electron chi connectivity index (χ3n) is 5.12. The number of aromatic nitrogens is 3. The smallest absolute Gasteiger partial charge is 0.338 e. The van der Waals surface area contributed by atoms with Crippen molar-refractivity contribution in [2.45, 2.75) is 26.9 Å². The Morgan fingerprint density at radius 2 is 1.89 bits per heavy atom. The van der Waals surface area contributed by atoms with Crippen LogP contribution in [-0.2, 0) is 22.5 Å². The molecule has 0 bridgehead atoms. The molecule has 0 aliphatic heterocycles. The molecule has 2 aromatic carbocycles. The lowest BCUT2D eigenvalue weighted by Crippen LogP contribution is -2.17. The molecule has 0 unspecified atom stereocenters. The van der Waals surface area contributed by atoms with Crippen LogP contribution in [0.15, 0.2) is 59.4 Å². The third kappa shape index (κ3) is 5.97. The number of esters is 1. The fourth-order valence-corrected chi connectivity index (χ4v) is 4.21. The summed E-state index contributed by atoms with van der Waals surface area (Å²) >= 11 is 1.30.